The van der Waals surface area contributed by atoms with E-state index in [0.29, 0.717) is 6.54 Å². The number of hydrogen-bond donors (Lipinski definition) is 2. The van der Waals surface area contributed by atoms with Gasteiger partial charge in [-0.2, -0.15) is 0 Å². The Kier molecular flexibility index (Phi) is 9.96. The Balaban J connectivity index is 0.00000312. The zero-order valence-corrected chi connectivity index (χ0v) is 18.1. The van der Waals surface area contributed by atoms with E-state index in [9.17, 15) is 4.39 Å². The molecule has 1 aromatic carbocycles. The number of hydrogen-bond acceptors (Lipinski definition) is 3. The Hall–Kier alpha value is -1.22. The van der Waals surface area contributed by atoms with Gasteiger partial charge < -0.3 is 10.6 Å². The van der Waals surface area contributed by atoms with Crippen molar-refractivity contribution in [2.45, 2.75) is 33.6 Å². The van der Waals surface area contributed by atoms with Gasteiger partial charge in [-0.3, -0.25) is 4.99 Å². The second-order valence-electron chi connectivity index (χ2n) is 5.56. The molecule has 0 unspecified atom stereocenters. The molecule has 4 nitrogen and oxygen atoms in total. The van der Waals surface area contributed by atoms with Crippen LogP contribution in [0, 0.1) is 19.7 Å². The van der Waals surface area contributed by atoms with Crippen molar-refractivity contribution in [3.8, 4) is 0 Å². The molecular weight excluding hydrogens is 450 g/mol. The molecule has 0 radical (unpaired) electrons. The van der Waals surface area contributed by atoms with Crippen LogP contribution in [0.1, 0.15) is 28.1 Å². The lowest BCUT2D eigenvalue weighted by molar-refractivity contribution is 0.626. The Morgan fingerprint density at radius 1 is 1.16 bits per heavy atom. The summed E-state index contributed by atoms with van der Waals surface area (Å²) >= 11 is 1.74. The number of guanidine groups is 1. The van der Waals surface area contributed by atoms with Crippen molar-refractivity contribution in [2.24, 2.45) is 4.99 Å². The van der Waals surface area contributed by atoms with Crippen LogP contribution in [0.4, 0.5) is 4.39 Å². The molecule has 0 saturated carbocycles. The smallest absolute Gasteiger partial charge is 0.191 e. The quantitative estimate of drug-likeness (QED) is 0.363. The lowest BCUT2D eigenvalue weighted by Gasteiger charge is -2.11. The van der Waals surface area contributed by atoms with Crippen LogP contribution in [0.25, 0.3) is 0 Å². The van der Waals surface area contributed by atoms with Crippen LogP contribution >= 0.6 is 35.3 Å². The summed E-state index contributed by atoms with van der Waals surface area (Å²) in [5, 5.41) is 7.69. The maximum Gasteiger partial charge on any atom is 0.191 e. The molecule has 2 rings (SSSR count). The number of benzene rings is 1. The number of thiazole rings is 1. The molecule has 1 heterocycles. The third kappa shape index (κ3) is 7.68. The molecule has 0 aliphatic rings. The number of nitrogens with one attached hydrogen (secondary N) is 2. The first-order valence-corrected chi connectivity index (χ1v) is 9.09. The number of aryl methyl sites for hydroxylation is 2. The van der Waals surface area contributed by atoms with Crippen molar-refractivity contribution in [3.05, 3.63) is 51.2 Å². The second kappa shape index (κ2) is 11.4. The average molecular weight is 476 g/mol. The Bertz CT molecular complexity index is 651. The molecule has 2 aromatic rings. The second-order valence-corrected chi connectivity index (χ2v) is 6.85. The standard InChI is InChI=1S/C18H25FN4S.HI/c1-4-20-18(21-11-9-15-5-7-16(19)8-6-15)22-12-10-17-23-13(2)14(3)24-17;/h5-8H,4,9-12H2,1-3H3,(H2,20,21,22);1H. The molecule has 2 N–H and O–H groups in total. The van der Waals surface area contributed by atoms with Gasteiger partial charge in [-0.1, -0.05) is 12.1 Å². The molecule has 0 aliphatic carbocycles. The van der Waals surface area contributed by atoms with Crippen molar-refractivity contribution >= 4 is 41.3 Å². The highest BCUT2D eigenvalue weighted by Gasteiger charge is 2.03. The van der Waals surface area contributed by atoms with Crippen molar-refractivity contribution in [1.29, 1.82) is 0 Å². The Labute approximate surface area is 170 Å². The van der Waals surface area contributed by atoms with Gasteiger partial charge in [-0.25, -0.2) is 9.37 Å². The fourth-order valence-electron chi connectivity index (χ4n) is 2.23. The van der Waals surface area contributed by atoms with Crippen LogP contribution < -0.4 is 10.6 Å². The van der Waals surface area contributed by atoms with E-state index in [1.54, 1.807) is 11.3 Å². The summed E-state index contributed by atoms with van der Waals surface area (Å²) in [6, 6.07) is 6.61. The summed E-state index contributed by atoms with van der Waals surface area (Å²) in [7, 11) is 0. The van der Waals surface area contributed by atoms with E-state index in [1.165, 1.54) is 17.0 Å². The molecule has 0 spiro atoms. The van der Waals surface area contributed by atoms with E-state index in [-0.39, 0.29) is 29.8 Å². The highest BCUT2D eigenvalue weighted by atomic mass is 127. The first-order valence-electron chi connectivity index (χ1n) is 8.28. The van der Waals surface area contributed by atoms with Gasteiger partial charge >= 0.3 is 0 Å². The Morgan fingerprint density at radius 2 is 1.88 bits per heavy atom. The van der Waals surface area contributed by atoms with E-state index >= 15 is 0 Å². The zero-order valence-electron chi connectivity index (χ0n) is 14.9. The maximum atomic E-state index is 12.9. The third-order valence-electron chi connectivity index (χ3n) is 3.63. The summed E-state index contributed by atoms with van der Waals surface area (Å²) in [4.78, 5) is 10.4. The molecule has 0 saturated heterocycles. The Morgan fingerprint density at radius 3 is 2.48 bits per heavy atom. The fraction of sp³-hybridized carbons (Fsp3) is 0.444. The van der Waals surface area contributed by atoms with Crippen molar-refractivity contribution in [2.75, 3.05) is 19.6 Å². The maximum absolute atomic E-state index is 12.9. The molecule has 0 aliphatic heterocycles. The van der Waals surface area contributed by atoms with E-state index in [4.69, 9.17) is 0 Å². The van der Waals surface area contributed by atoms with Gasteiger partial charge in [0.15, 0.2) is 5.96 Å². The minimum Gasteiger partial charge on any atom is -0.357 e. The number of nitrogens with zero attached hydrogens (tertiary/aromatic N) is 2. The first-order chi connectivity index (χ1) is 11.6. The van der Waals surface area contributed by atoms with Crippen LogP contribution in [-0.4, -0.2) is 30.6 Å². The van der Waals surface area contributed by atoms with Gasteiger partial charge in [0.2, 0.25) is 0 Å². The van der Waals surface area contributed by atoms with E-state index in [2.05, 4.69) is 27.5 Å². The molecule has 138 valence electrons. The van der Waals surface area contributed by atoms with Gasteiger partial charge in [0.05, 0.1) is 10.7 Å². The minimum absolute atomic E-state index is 0. The summed E-state index contributed by atoms with van der Waals surface area (Å²) in [5.41, 5.74) is 2.22. The summed E-state index contributed by atoms with van der Waals surface area (Å²) in [5.74, 6) is 0.610. The lowest BCUT2D eigenvalue weighted by atomic mass is 10.1. The predicted octanol–water partition coefficient (Wildman–Crippen LogP) is 3.86. The number of aliphatic imine (C=N–C) groups is 1. The van der Waals surface area contributed by atoms with Gasteiger partial charge in [-0.15, -0.1) is 35.3 Å². The van der Waals surface area contributed by atoms with Crippen LogP contribution in [-0.2, 0) is 12.8 Å². The third-order valence-corrected chi connectivity index (χ3v) is 4.76. The van der Waals surface area contributed by atoms with E-state index < -0.39 is 0 Å². The molecule has 25 heavy (non-hydrogen) atoms. The SMILES string of the molecule is CCNC(=NCCc1nc(C)c(C)s1)NCCc1ccc(F)cc1.I. The number of halogens is 2. The average Bonchev–Trinajstić information content (AvgIpc) is 2.87. The van der Waals surface area contributed by atoms with Gasteiger partial charge in [0, 0.05) is 30.9 Å². The molecule has 7 heteroatoms. The fourth-order valence-corrected chi connectivity index (χ4v) is 3.15. The molecule has 1 aromatic heterocycles. The minimum atomic E-state index is -0.200. The molecule has 0 fully saturated rings. The molecule has 0 atom stereocenters. The highest BCUT2D eigenvalue weighted by Crippen LogP contribution is 2.16. The highest BCUT2D eigenvalue weighted by molar-refractivity contribution is 14.0. The topological polar surface area (TPSA) is 49.3 Å². The summed E-state index contributed by atoms with van der Waals surface area (Å²) in [6.07, 6.45) is 1.68. The van der Waals surface area contributed by atoms with Crippen LogP contribution in [0.15, 0.2) is 29.3 Å². The summed E-state index contributed by atoms with van der Waals surface area (Å²) in [6.45, 7) is 8.47. The van der Waals surface area contributed by atoms with Gasteiger partial charge in [-0.05, 0) is 44.9 Å². The van der Waals surface area contributed by atoms with Crippen molar-refractivity contribution in [3.63, 3.8) is 0 Å². The van der Waals surface area contributed by atoms with Gasteiger partial charge in [0.25, 0.3) is 0 Å². The van der Waals surface area contributed by atoms with E-state index in [0.717, 1.165) is 48.2 Å². The van der Waals surface area contributed by atoms with Gasteiger partial charge in [0.1, 0.15) is 5.82 Å². The van der Waals surface area contributed by atoms with E-state index in [1.807, 2.05) is 26.0 Å². The number of aromatic nitrogens is 1. The number of rotatable bonds is 7. The normalized spacial score (nSPS) is 11.1. The molecule has 0 amide bonds. The molecule has 0 bridgehead atoms. The van der Waals surface area contributed by atoms with Crippen molar-refractivity contribution < 1.29 is 4.39 Å². The van der Waals surface area contributed by atoms with Crippen molar-refractivity contribution in [1.82, 2.24) is 15.6 Å². The van der Waals surface area contributed by atoms with Crippen LogP contribution in [0.5, 0.6) is 0 Å². The first kappa shape index (κ1) is 21.8. The van der Waals surface area contributed by atoms with Crippen LogP contribution in [0.2, 0.25) is 0 Å². The molecular formula is C18H26FIN4S. The van der Waals surface area contributed by atoms with Crippen LogP contribution in [0.3, 0.4) is 0 Å². The zero-order chi connectivity index (χ0) is 17.4. The lowest BCUT2D eigenvalue weighted by Crippen LogP contribution is -2.38. The monoisotopic (exact) mass is 476 g/mol. The summed E-state index contributed by atoms with van der Waals surface area (Å²) < 4.78 is 12.9. The predicted molar refractivity (Wildman–Crippen MR) is 115 cm³/mol. The largest absolute Gasteiger partial charge is 0.357 e.